The molecule has 2 nitrogen and oxygen atoms in total. The summed E-state index contributed by atoms with van der Waals surface area (Å²) in [5.41, 5.74) is 5.78. The molecule has 0 fully saturated rings. The molecule has 102 valence electrons. The van der Waals surface area contributed by atoms with Crippen LogP contribution in [0.15, 0.2) is 42.5 Å². The van der Waals surface area contributed by atoms with Gasteiger partial charge in [-0.1, -0.05) is 24.3 Å². The number of carbonyl (C=O) groups is 1. The van der Waals surface area contributed by atoms with Gasteiger partial charge in [0.1, 0.15) is 0 Å². The zero-order chi connectivity index (χ0) is 13.9. The highest BCUT2D eigenvalue weighted by atomic mass is 16.1. The minimum Gasteiger partial charge on any atom is -0.378 e. The molecule has 2 heteroatoms. The molecule has 0 bridgehead atoms. The highest BCUT2D eigenvalue weighted by Gasteiger charge is 2.13. The van der Waals surface area contributed by atoms with Crippen molar-refractivity contribution in [3.8, 4) is 0 Å². The van der Waals surface area contributed by atoms with E-state index in [0.717, 1.165) is 24.1 Å². The van der Waals surface area contributed by atoms with Crippen LogP contribution >= 0.6 is 0 Å². The summed E-state index contributed by atoms with van der Waals surface area (Å²) in [4.78, 5) is 12.2. The fourth-order valence-corrected chi connectivity index (χ4v) is 2.78. The summed E-state index contributed by atoms with van der Waals surface area (Å²) in [5, 5.41) is 3.20. The average Bonchev–Trinajstić information content (AvgIpc) is 2.92. The summed E-state index contributed by atoms with van der Waals surface area (Å²) < 4.78 is 0. The molecule has 0 spiro atoms. The lowest BCUT2D eigenvalue weighted by atomic mass is 10.0. The summed E-state index contributed by atoms with van der Waals surface area (Å²) in [6.07, 6.45) is 3.49. The SMILES string of the molecule is Cc1cccc(NCC(=O)c2ccc3c(c2)CCC3)c1. The van der Waals surface area contributed by atoms with Crippen molar-refractivity contribution in [2.75, 3.05) is 11.9 Å². The van der Waals surface area contributed by atoms with Crippen molar-refractivity contribution in [3.63, 3.8) is 0 Å². The van der Waals surface area contributed by atoms with Gasteiger partial charge in [0.05, 0.1) is 6.54 Å². The molecule has 0 heterocycles. The lowest BCUT2D eigenvalue weighted by molar-refractivity contribution is 0.101. The van der Waals surface area contributed by atoms with Crippen LogP contribution < -0.4 is 5.32 Å². The smallest absolute Gasteiger partial charge is 0.181 e. The summed E-state index contributed by atoms with van der Waals surface area (Å²) in [7, 11) is 0. The molecule has 0 amide bonds. The number of hydrogen-bond donors (Lipinski definition) is 1. The monoisotopic (exact) mass is 265 g/mol. The molecule has 0 aliphatic heterocycles. The van der Waals surface area contributed by atoms with E-state index in [-0.39, 0.29) is 5.78 Å². The van der Waals surface area contributed by atoms with Gasteiger partial charge in [0.25, 0.3) is 0 Å². The highest BCUT2D eigenvalue weighted by molar-refractivity contribution is 5.99. The van der Waals surface area contributed by atoms with Gasteiger partial charge in [-0.3, -0.25) is 4.79 Å². The van der Waals surface area contributed by atoms with Gasteiger partial charge >= 0.3 is 0 Å². The molecule has 1 aliphatic rings. The minimum atomic E-state index is 0.154. The minimum absolute atomic E-state index is 0.154. The van der Waals surface area contributed by atoms with Crippen molar-refractivity contribution in [1.29, 1.82) is 0 Å². The van der Waals surface area contributed by atoms with Crippen molar-refractivity contribution < 1.29 is 4.79 Å². The molecule has 0 aromatic heterocycles. The first-order valence-electron chi connectivity index (χ1n) is 7.18. The van der Waals surface area contributed by atoms with Gasteiger partial charge in [-0.05, 0) is 61.1 Å². The van der Waals surface area contributed by atoms with E-state index in [2.05, 4.69) is 23.5 Å². The number of ketones is 1. The van der Waals surface area contributed by atoms with E-state index in [1.54, 1.807) is 0 Å². The van der Waals surface area contributed by atoms with E-state index in [0.29, 0.717) is 6.54 Å². The maximum Gasteiger partial charge on any atom is 0.181 e. The van der Waals surface area contributed by atoms with Crippen LogP contribution in [0, 0.1) is 6.92 Å². The van der Waals surface area contributed by atoms with E-state index >= 15 is 0 Å². The molecule has 1 N–H and O–H groups in total. The third-order valence-corrected chi connectivity index (χ3v) is 3.89. The van der Waals surface area contributed by atoms with Crippen LogP contribution in [0.1, 0.15) is 33.5 Å². The Balaban J connectivity index is 1.67. The van der Waals surface area contributed by atoms with Crippen molar-refractivity contribution in [3.05, 3.63) is 64.7 Å². The molecule has 2 aromatic carbocycles. The number of hydrogen-bond acceptors (Lipinski definition) is 2. The average molecular weight is 265 g/mol. The van der Waals surface area contributed by atoms with Gasteiger partial charge < -0.3 is 5.32 Å². The number of anilines is 1. The van der Waals surface area contributed by atoms with E-state index in [4.69, 9.17) is 0 Å². The molecule has 1 aliphatic carbocycles. The molecule has 0 atom stereocenters. The Morgan fingerprint density at radius 1 is 1.10 bits per heavy atom. The number of rotatable bonds is 4. The van der Waals surface area contributed by atoms with Crippen molar-refractivity contribution in [1.82, 2.24) is 0 Å². The van der Waals surface area contributed by atoms with E-state index in [9.17, 15) is 4.79 Å². The quantitative estimate of drug-likeness (QED) is 0.852. The highest BCUT2D eigenvalue weighted by Crippen LogP contribution is 2.23. The van der Waals surface area contributed by atoms with Gasteiger partial charge in [0, 0.05) is 11.3 Å². The Labute approximate surface area is 119 Å². The van der Waals surface area contributed by atoms with E-state index < -0.39 is 0 Å². The number of aryl methyl sites for hydroxylation is 3. The van der Waals surface area contributed by atoms with Crippen LogP contribution in [0.25, 0.3) is 0 Å². The molecule has 20 heavy (non-hydrogen) atoms. The Hall–Kier alpha value is -2.09. The Bertz CT molecular complexity index is 646. The first-order valence-corrected chi connectivity index (χ1v) is 7.18. The lowest BCUT2D eigenvalue weighted by Gasteiger charge is -2.08. The molecule has 0 radical (unpaired) electrons. The summed E-state index contributed by atoms with van der Waals surface area (Å²) in [6.45, 7) is 2.40. The van der Waals surface area contributed by atoms with Crippen LogP contribution in [0.5, 0.6) is 0 Å². The van der Waals surface area contributed by atoms with Gasteiger partial charge in [0.15, 0.2) is 5.78 Å². The molecule has 3 rings (SSSR count). The Morgan fingerprint density at radius 3 is 2.80 bits per heavy atom. The third kappa shape index (κ3) is 2.74. The molecular weight excluding hydrogens is 246 g/mol. The van der Waals surface area contributed by atoms with Crippen LogP contribution in [0.2, 0.25) is 0 Å². The Morgan fingerprint density at radius 2 is 1.95 bits per heavy atom. The molecular formula is C18H19NO. The topological polar surface area (TPSA) is 29.1 Å². The van der Waals surface area contributed by atoms with Crippen LogP contribution in [0.3, 0.4) is 0 Å². The van der Waals surface area contributed by atoms with E-state index in [1.807, 2.05) is 31.2 Å². The molecule has 2 aromatic rings. The van der Waals surface area contributed by atoms with Crippen molar-refractivity contribution in [2.24, 2.45) is 0 Å². The maximum absolute atomic E-state index is 12.2. The molecule has 0 saturated heterocycles. The lowest BCUT2D eigenvalue weighted by Crippen LogP contribution is -2.14. The zero-order valence-electron chi connectivity index (χ0n) is 11.8. The second kappa shape index (κ2) is 5.49. The molecule has 0 unspecified atom stereocenters. The first-order chi connectivity index (χ1) is 9.72. The normalized spacial score (nSPS) is 13.1. The molecule has 0 saturated carbocycles. The largest absolute Gasteiger partial charge is 0.378 e. The second-order valence-corrected chi connectivity index (χ2v) is 5.48. The predicted molar refractivity (Wildman–Crippen MR) is 82.5 cm³/mol. The number of benzene rings is 2. The van der Waals surface area contributed by atoms with Gasteiger partial charge in [-0.15, -0.1) is 0 Å². The predicted octanol–water partition coefficient (Wildman–Crippen LogP) is 3.78. The summed E-state index contributed by atoms with van der Waals surface area (Å²) in [5.74, 6) is 0.154. The first kappa shape index (κ1) is 12.9. The summed E-state index contributed by atoms with van der Waals surface area (Å²) in [6, 6.07) is 14.2. The van der Waals surface area contributed by atoms with E-state index in [1.165, 1.54) is 23.1 Å². The zero-order valence-corrected chi connectivity index (χ0v) is 11.8. The van der Waals surface area contributed by atoms with Gasteiger partial charge in [-0.2, -0.15) is 0 Å². The number of nitrogens with one attached hydrogen (secondary N) is 1. The van der Waals surface area contributed by atoms with Crippen LogP contribution in [-0.4, -0.2) is 12.3 Å². The summed E-state index contributed by atoms with van der Waals surface area (Å²) >= 11 is 0. The van der Waals surface area contributed by atoms with Gasteiger partial charge in [0.2, 0.25) is 0 Å². The standard InChI is InChI=1S/C18H19NO/c1-13-4-2-7-17(10-13)19-12-18(20)16-9-8-14-5-3-6-15(14)11-16/h2,4,7-11,19H,3,5-6,12H2,1H3. The maximum atomic E-state index is 12.2. The van der Waals surface area contributed by atoms with Crippen molar-refractivity contribution >= 4 is 11.5 Å². The fraction of sp³-hybridized carbons (Fsp3) is 0.278. The fourth-order valence-electron chi connectivity index (χ4n) is 2.78. The van der Waals surface area contributed by atoms with Crippen molar-refractivity contribution in [2.45, 2.75) is 26.2 Å². The Kier molecular flexibility index (Phi) is 3.55. The number of carbonyl (C=O) groups excluding carboxylic acids is 1. The van der Waals surface area contributed by atoms with Crippen LogP contribution in [-0.2, 0) is 12.8 Å². The van der Waals surface area contributed by atoms with Gasteiger partial charge in [-0.25, -0.2) is 0 Å². The van der Waals surface area contributed by atoms with Crippen LogP contribution in [0.4, 0.5) is 5.69 Å². The number of Topliss-reactive ketones (excluding diaryl/α,β-unsaturated/α-hetero) is 1. The second-order valence-electron chi connectivity index (χ2n) is 5.48. The number of fused-ring (bicyclic) bond motifs is 1. The third-order valence-electron chi connectivity index (χ3n) is 3.89.